The van der Waals surface area contributed by atoms with E-state index in [4.69, 9.17) is 13.8 Å². The van der Waals surface area contributed by atoms with E-state index in [9.17, 15) is 43.7 Å². The number of ether oxygens (including phenoxy) is 1. The Morgan fingerprint density at radius 1 is 0.690 bits per heavy atom. The fraction of sp³-hybridized carbons (Fsp3) is 0.262. The van der Waals surface area contributed by atoms with Crippen LogP contribution >= 0.6 is 15.6 Å². The van der Waals surface area contributed by atoms with Gasteiger partial charge in [-0.15, -0.1) is 0 Å². The Labute approximate surface area is 332 Å². The first-order chi connectivity index (χ1) is 27.7. The Bertz CT molecular complexity index is 2800. The van der Waals surface area contributed by atoms with Crippen LogP contribution in [0.4, 0.5) is 5.69 Å². The van der Waals surface area contributed by atoms with E-state index in [2.05, 4.69) is 6.07 Å². The van der Waals surface area contributed by atoms with Crippen LogP contribution in [0.1, 0.15) is 27.7 Å². The van der Waals surface area contributed by atoms with E-state index in [1.807, 2.05) is 97.9 Å². The molecule has 1 heterocycles. The summed E-state index contributed by atoms with van der Waals surface area (Å²) >= 11 is 0. The molecular weight excluding hydrogens is 786 g/mol. The molecule has 3 atom stereocenters. The van der Waals surface area contributed by atoms with Gasteiger partial charge in [0.2, 0.25) is 6.23 Å². The molecule has 58 heavy (non-hydrogen) atoms. The number of fused-ring (bicyclic) bond motifs is 2. The molecule has 7 aromatic carbocycles. The number of aliphatic hydroxyl groups is 2. The number of hydrogen-bond acceptors (Lipinski definition) is 9. The lowest BCUT2D eigenvalue weighted by molar-refractivity contribution is 0.00208. The Morgan fingerprint density at radius 2 is 1.31 bits per heavy atom. The number of hydrogen-bond donors (Lipinski definition) is 6. The zero-order valence-corrected chi connectivity index (χ0v) is 33.3. The summed E-state index contributed by atoms with van der Waals surface area (Å²) < 4.78 is 39.5. The Balaban J connectivity index is 1.27. The minimum Gasteiger partial charge on any atom is -0.466 e. The van der Waals surface area contributed by atoms with Crippen molar-refractivity contribution >= 4 is 81.1 Å². The van der Waals surface area contributed by atoms with Crippen LogP contribution in [0.25, 0.3) is 53.9 Å². The van der Waals surface area contributed by atoms with Gasteiger partial charge in [0.15, 0.2) is 0 Å². The molecule has 6 N–H and O–H groups in total. The number of phosphoric ester groups is 2. The number of phosphoric acid groups is 2. The van der Waals surface area contributed by atoms with E-state index in [0.717, 1.165) is 65.1 Å². The Kier molecular flexibility index (Phi) is 10.7. The maximum Gasteiger partial charge on any atom is 0.469 e. The van der Waals surface area contributed by atoms with E-state index < -0.39 is 46.9 Å². The van der Waals surface area contributed by atoms with Crippen molar-refractivity contribution in [2.75, 3.05) is 52.0 Å². The molecule has 0 saturated carbocycles. The molecule has 0 spiro atoms. The third-order valence-corrected chi connectivity index (χ3v) is 11.9. The molecule has 0 saturated heterocycles. The monoisotopic (exact) mass is 828 g/mol. The minimum absolute atomic E-state index is 0.140. The van der Waals surface area contributed by atoms with Crippen LogP contribution in [-0.2, 0) is 24.6 Å². The number of anilines is 1. The summed E-state index contributed by atoms with van der Waals surface area (Å²) in [4.78, 5) is 55.3. The molecule has 0 fully saturated rings. The van der Waals surface area contributed by atoms with Crippen molar-refractivity contribution in [1.82, 2.24) is 4.90 Å². The van der Waals surface area contributed by atoms with Crippen LogP contribution in [0.2, 0.25) is 0 Å². The van der Waals surface area contributed by atoms with E-state index >= 15 is 0 Å². The van der Waals surface area contributed by atoms with Crippen molar-refractivity contribution in [2.24, 2.45) is 11.8 Å². The smallest absolute Gasteiger partial charge is 0.466 e. The van der Waals surface area contributed by atoms with E-state index in [0.29, 0.717) is 23.3 Å². The number of rotatable bonds is 15. The summed E-state index contributed by atoms with van der Waals surface area (Å²) in [6, 6.07) is 29.2. The third kappa shape index (κ3) is 7.53. The van der Waals surface area contributed by atoms with Gasteiger partial charge in [-0.1, -0.05) is 66.7 Å². The highest BCUT2D eigenvalue weighted by Crippen LogP contribution is 2.46. The van der Waals surface area contributed by atoms with E-state index in [1.54, 1.807) is 6.07 Å². The lowest BCUT2D eigenvalue weighted by atomic mass is 9.86. The number of carbonyl (C=O) groups excluding carboxylic acids is 1. The summed E-state index contributed by atoms with van der Waals surface area (Å²) in [6.07, 6.45) is -0.707. The third-order valence-electron chi connectivity index (χ3n) is 10.9. The molecule has 0 bridgehead atoms. The first-order valence-electron chi connectivity index (χ1n) is 18.6. The SMILES string of the molecule is CN(C)c1ccc2c3c(cccc13)C(Oc1cc3cccc4c5ccc(CC(CO)COP(=O)(O)O)c6cccc(c(c1)c34)c65)N(CC(CO)COP(=O)(O)O)C2=O. The van der Waals surface area contributed by atoms with Crippen LogP contribution in [0.5, 0.6) is 5.75 Å². The fourth-order valence-corrected chi connectivity index (χ4v) is 9.20. The van der Waals surface area contributed by atoms with Gasteiger partial charge in [0, 0.05) is 73.3 Å². The van der Waals surface area contributed by atoms with Gasteiger partial charge >= 0.3 is 15.6 Å². The molecule has 16 heteroatoms. The molecule has 1 amide bonds. The van der Waals surface area contributed by atoms with Crippen LogP contribution in [-0.4, -0.2) is 87.7 Å². The second-order valence-corrected chi connectivity index (χ2v) is 17.5. The highest BCUT2D eigenvalue weighted by atomic mass is 31.2. The van der Waals surface area contributed by atoms with Crippen LogP contribution in [0, 0.1) is 11.8 Å². The highest BCUT2D eigenvalue weighted by molar-refractivity contribution is 7.46. The standard InChI is InChI=1S/C42H42N2O12P2/c1-43(2)37-15-14-34-40-33(37)10-5-11-35(40)42(44(41(34)47)19-25(21-46)23-55-58(51,52)53)56-28-17-27-6-3-8-30-32-13-12-26(16-24(20-45)22-54-57(48,49)50)29-7-4-9-31(39(29)32)36(18-28)38(27)30/h3-15,17-18,24-25,42,45-46H,16,19-23H2,1-2H3,(H2,48,49,50)(H2,51,52,53). The van der Waals surface area contributed by atoms with Gasteiger partial charge in [0.25, 0.3) is 5.91 Å². The van der Waals surface area contributed by atoms with Crippen molar-refractivity contribution in [3.05, 3.63) is 108 Å². The fourth-order valence-electron chi connectivity index (χ4n) is 8.39. The molecule has 0 aromatic heterocycles. The van der Waals surface area contributed by atoms with Gasteiger partial charge in [0.05, 0.1) is 13.2 Å². The van der Waals surface area contributed by atoms with E-state index in [-0.39, 0.29) is 25.7 Å². The van der Waals surface area contributed by atoms with Gasteiger partial charge in [-0.2, -0.15) is 0 Å². The van der Waals surface area contributed by atoms with E-state index in [1.165, 1.54) is 4.90 Å². The van der Waals surface area contributed by atoms with Gasteiger partial charge in [0.1, 0.15) is 5.75 Å². The normalized spacial score (nSPS) is 16.0. The number of carbonyl (C=O) groups is 1. The van der Waals surface area contributed by atoms with Crippen LogP contribution < -0.4 is 9.64 Å². The lowest BCUT2D eigenvalue weighted by Crippen LogP contribution is -2.45. The first-order valence-corrected chi connectivity index (χ1v) is 21.7. The molecule has 7 aromatic rings. The van der Waals surface area contributed by atoms with Crippen molar-refractivity contribution in [1.29, 1.82) is 0 Å². The van der Waals surface area contributed by atoms with Gasteiger partial charge in [-0.3, -0.25) is 18.7 Å². The first kappa shape index (κ1) is 40.1. The average Bonchev–Trinajstić information content (AvgIpc) is 3.19. The maximum absolute atomic E-state index is 14.5. The van der Waals surface area contributed by atoms with Gasteiger partial charge in [-0.25, -0.2) is 9.13 Å². The number of benzene rings is 7. The second kappa shape index (κ2) is 15.5. The molecule has 0 aliphatic carbocycles. The summed E-state index contributed by atoms with van der Waals surface area (Å²) in [6.45, 7) is -1.82. The van der Waals surface area contributed by atoms with Crippen LogP contribution in [0.3, 0.4) is 0 Å². The molecule has 8 rings (SSSR count). The lowest BCUT2D eigenvalue weighted by Gasteiger charge is -2.39. The number of aliphatic hydroxyl groups excluding tert-OH is 2. The molecule has 14 nitrogen and oxygen atoms in total. The molecule has 1 aliphatic heterocycles. The largest absolute Gasteiger partial charge is 0.469 e. The summed E-state index contributed by atoms with van der Waals surface area (Å²) in [5, 5.41) is 29.5. The zero-order valence-electron chi connectivity index (χ0n) is 31.6. The predicted molar refractivity (Wildman–Crippen MR) is 221 cm³/mol. The maximum atomic E-state index is 14.5. The van der Waals surface area contributed by atoms with Crippen LogP contribution in [0.15, 0.2) is 91.0 Å². The quantitative estimate of drug-likeness (QED) is 0.0373. The van der Waals surface area contributed by atoms with Crippen molar-refractivity contribution in [3.8, 4) is 5.75 Å². The topological polar surface area (TPSA) is 207 Å². The van der Waals surface area contributed by atoms with Crippen molar-refractivity contribution in [2.45, 2.75) is 12.6 Å². The summed E-state index contributed by atoms with van der Waals surface area (Å²) in [5.74, 6) is -1.36. The number of nitrogens with zero attached hydrogens (tertiary/aromatic N) is 2. The molecular formula is C42H42N2O12P2. The average molecular weight is 829 g/mol. The molecule has 0 radical (unpaired) electrons. The minimum atomic E-state index is -4.86. The summed E-state index contributed by atoms with van der Waals surface area (Å²) in [5.41, 5.74) is 2.90. The second-order valence-electron chi connectivity index (χ2n) is 15.0. The number of amides is 1. The van der Waals surface area contributed by atoms with Gasteiger partial charge in [-0.05, 0) is 79.3 Å². The Hall–Kier alpha value is -4.69. The van der Waals surface area contributed by atoms with Crippen molar-refractivity contribution < 1.29 is 57.5 Å². The molecule has 302 valence electrons. The van der Waals surface area contributed by atoms with Crippen molar-refractivity contribution in [3.63, 3.8) is 0 Å². The zero-order chi connectivity index (χ0) is 41.1. The predicted octanol–water partition coefficient (Wildman–Crippen LogP) is 6.47. The Morgan fingerprint density at radius 3 is 2.00 bits per heavy atom. The molecule has 1 aliphatic rings. The van der Waals surface area contributed by atoms with Gasteiger partial charge < -0.3 is 39.4 Å². The summed E-state index contributed by atoms with van der Waals surface area (Å²) in [7, 11) is -5.75. The molecule has 3 unspecified atom stereocenters. The highest BCUT2D eigenvalue weighted by Gasteiger charge is 2.38.